The second kappa shape index (κ2) is 9.64. The number of carbonyl (C=O) groups excluding carboxylic acids is 1. The summed E-state index contributed by atoms with van der Waals surface area (Å²) in [4.78, 5) is 11.8. The fourth-order valence-corrected chi connectivity index (χ4v) is 2.51. The molecule has 0 aromatic heterocycles. The smallest absolute Gasteiger partial charge is 0.369 e. The van der Waals surface area contributed by atoms with Crippen molar-refractivity contribution in [1.29, 1.82) is 0 Å². The molecule has 0 spiro atoms. The molecule has 2 aromatic carbocycles. The Balaban J connectivity index is 2.26. The molecule has 0 bridgehead atoms. The van der Waals surface area contributed by atoms with E-state index in [1.165, 1.54) is 28.0 Å². The van der Waals surface area contributed by atoms with E-state index in [2.05, 4.69) is 19.0 Å². The molecule has 0 atom stereocenters. The average Bonchev–Trinajstić information content (AvgIpc) is 2.66. The summed E-state index contributed by atoms with van der Waals surface area (Å²) in [7, 11) is 1.59. The standard InChI is InChI=1S/C17H17BrIN3O4/c1-24-13-6-2-11(3-7-13)10-22(21)16(15(20)17(23)26-19)25-14-8-4-12(18)5-9-14/h2-9H,10,20-21H2,1H3/b16-15+. The van der Waals surface area contributed by atoms with Gasteiger partial charge in [0.1, 0.15) is 11.5 Å². The third-order valence-corrected chi connectivity index (χ3v) is 4.25. The van der Waals surface area contributed by atoms with Crippen LogP contribution in [-0.4, -0.2) is 18.1 Å². The lowest BCUT2D eigenvalue weighted by Crippen LogP contribution is -2.36. The van der Waals surface area contributed by atoms with Gasteiger partial charge in [-0.05, 0) is 42.0 Å². The van der Waals surface area contributed by atoms with Crippen LogP contribution in [0.15, 0.2) is 64.6 Å². The highest BCUT2D eigenvalue weighted by Gasteiger charge is 2.20. The Morgan fingerprint density at radius 1 is 1.12 bits per heavy atom. The van der Waals surface area contributed by atoms with E-state index >= 15 is 0 Å². The van der Waals surface area contributed by atoms with Gasteiger partial charge >= 0.3 is 5.97 Å². The molecule has 0 aliphatic carbocycles. The predicted molar refractivity (Wildman–Crippen MR) is 109 cm³/mol. The van der Waals surface area contributed by atoms with Gasteiger partial charge in [-0.25, -0.2) is 10.6 Å². The molecule has 2 aromatic rings. The van der Waals surface area contributed by atoms with E-state index in [9.17, 15) is 4.79 Å². The zero-order valence-electron chi connectivity index (χ0n) is 13.8. The minimum Gasteiger partial charge on any atom is -0.497 e. The summed E-state index contributed by atoms with van der Waals surface area (Å²) in [6.45, 7) is 0.255. The minimum atomic E-state index is -0.747. The highest BCUT2D eigenvalue weighted by molar-refractivity contribution is 14.1. The second-order valence-electron chi connectivity index (χ2n) is 5.12. The predicted octanol–water partition coefficient (Wildman–Crippen LogP) is 3.23. The minimum absolute atomic E-state index is 0.00944. The molecule has 0 heterocycles. The first-order chi connectivity index (χ1) is 12.4. The van der Waals surface area contributed by atoms with Crippen molar-refractivity contribution in [2.45, 2.75) is 6.54 Å². The van der Waals surface area contributed by atoms with E-state index in [-0.39, 0.29) is 18.1 Å². The van der Waals surface area contributed by atoms with Crippen LogP contribution in [0, 0.1) is 0 Å². The van der Waals surface area contributed by atoms with Crippen LogP contribution in [-0.2, 0) is 14.4 Å². The van der Waals surface area contributed by atoms with Gasteiger partial charge < -0.3 is 18.3 Å². The number of ether oxygens (including phenoxy) is 2. The van der Waals surface area contributed by atoms with E-state index in [4.69, 9.17) is 21.1 Å². The second-order valence-corrected chi connectivity index (χ2v) is 6.47. The Bertz CT molecular complexity index is 782. The first kappa shape index (κ1) is 20.3. The van der Waals surface area contributed by atoms with Gasteiger partial charge in [0.05, 0.1) is 13.7 Å². The number of nitrogens with zero attached hydrogens (tertiary/aromatic N) is 1. The van der Waals surface area contributed by atoms with Crippen molar-refractivity contribution < 1.29 is 17.3 Å². The fourth-order valence-electron chi connectivity index (χ4n) is 2.01. The highest BCUT2D eigenvalue weighted by atomic mass is 127. The molecule has 7 nitrogen and oxygen atoms in total. The molecular formula is C17H17BrIN3O4. The van der Waals surface area contributed by atoms with Crippen LogP contribution in [0.25, 0.3) is 0 Å². The van der Waals surface area contributed by atoms with Crippen molar-refractivity contribution in [1.82, 2.24) is 5.01 Å². The van der Waals surface area contributed by atoms with E-state index in [1.807, 2.05) is 24.3 Å². The largest absolute Gasteiger partial charge is 0.497 e. The van der Waals surface area contributed by atoms with Crippen LogP contribution in [0.4, 0.5) is 0 Å². The van der Waals surface area contributed by atoms with E-state index in [0.29, 0.717) is 5.75 Å². The van der Waals surface area contributed by atoms with Crippen molar-refractivity contribution in [2.75, 3.05) is 7.11 Å². The maximum atomic E-state index is 11.8. The molecule has 0 saturated heterocycles. The van der Waals surface area contributed by atoms with Gasteiger partial charge in [0.2, 0.25) is 5.88 Å². The third-order valence-electron chi connectivity index (χ3n) is 3.32. The van der Waals surface area contributed by atoms with Crippen LogP contribution in [0.5, 0.6) is 11.5 Å². The first-order valence-electron chi connectivity index (χ1n) is 7.36. The van der Waals surface area contributed by atoms with Crippen molar-refractivity contribution in [3.8, 4) is 11.5 Å². The number of hydrazine groups is 1. The molecule has 0 unspecified atom stereocenters. The number of benzene rings is 2. The maximum absolute atomic E-state index is 11.8. The lowest BCUT2D eigenvalue weighted by Gasteiger charge is -2.23. The van der Waals surface area contributed by atoms with Crippen molar-refractivity contribution in [3.05, 3.63) is 70.1 Å². The highest BCUT2D eigenvalue weighted by Crippen LogP contribution is 2.21. The SMILES string of the molecule is COc1ccc(CN(N)/C(Oc2ccc(Br)cc2)=C(\N)C(=O)OI)cc1. The molecule has 2 rings (SSSR count). The zero-order chi connectivity index (χ0) is 19.1. The van der Waals surface area contributed by atoms with Crippen LogP contribution in [0.3, 0.4) is 0 Å². The topological polar surface area (TPSA) is 100 Å². The number of hydrogen-bond acceptors (Lipinski definition) is 7. The van der Waals surface area contributed by atoms with E-state index in [1.54, 1.807) is 31.4 Å². The van der Waals surface area contributed by atoms with Gasteiger partial charge in [0.15, 0.2) is 28.7 Å². The van der Waals surface area contributed by atoms with E-state index in [0.717, 1.165) is 15.8 Å². The number of halogens is 2. The Labute approximate surface area is 173 Å². The fraction of sp³-hybridized carbons (Fsp3) is 0.118. The number of methoxy groups -OCH3 is 1. The van der Waals surface area contributed by atoms with Crippen molar-refractivity contribution in [2.24, 2.45) is 11.6 Å². The number of carbonyl (C=O) groups is 1. The molecule has 0 amide bonds. The van der Waals surface area contributed by atoms with Crippen LogP contribution in [0.1, 0.15) is 5.56 Å². The molecule has 0 radical (unpaired) electrons. The summed E-state index contributed by atoms with van der Waals surface area (Å²) in [5.74, 6) is 6.55. The maximum Gasteiger partial charge on any atom is 0.369 e. The summed E-state index contributed by atoms with van der Waals surface area (Å²) in [5, 5.41) is 1.24. The lowest BCUT2D eigenvalue weighted by atomic mass is 10.2. The van der Waals surface area contributed by atoms with Gasteiger partial charge in [-0.1, -0.05) is 28.1 Å². The lowest BCUT2D eigenvalue weighted by molar-refractivity contribution is -0.127. The van der Waals surface area contributed by atoms with Gasteiger partial charge in [0, 0.05) is 4.47 Å². The molecule has 0 aliphatic rings. The Morgan fingerprint density at radius 3 is 2.23 bits per heavy atom. The Morgan fingerprint density at radius 2 is 1.69 bits per heavy atom. The Hall–Kier alpha value is -1.98. The first-order valence-corrected chi connectivity index (χ1v) is 9.03. The van der Waals surface area contributed by atoms with Gasteiger partial charge in [-0.2, -0.15) is 0 Å². The van der Waals surface area contributed by atoms with Crippen molar-refractivity contribution in [3.63, 3.8) is 0 Å². The monoisotopic (exact) mass is 533 g/mol. The molecule has 0 aliphatic heterocycles. The molecule has 0 fully saturated rings. The molecule has 0 saturated carbocycles. The molecule has 9 heteroatoms. The zero-order valence-corrected chi connectivity index (χ0v) is 17.6. The van der Waals surface area contributed by atoms with Gasteiger partial charge in [-0.15, -0.1) is 0 Å². The van der Waals surface area contributed by atoms with Crippen LogP contribution < -0.4 is 21.1 Å². The quantitative estimate of drug-likeness (QED) is 0.185. The van der Waals surface area contributed by atoms with Crippen molar-refractivity contribution >= 4 is 44.9 Å². The van der Waals surface area contributed by atoms with Crippen LogP contribution >= 0.6 is 38.9 Å². The summed E-state index contributed by atoms with van der Waals surface area (Å²) < 4.78 is 16.4. The third kappa shape index (κ3) is 5.51. The van der Waals surface area contributed by atoms with Gasteiger partial charge in [-0.3, -0.25) is 5.01 Å². The summed E-state index contributed by atoms with van der Waals surface area (Å²) >= 11 is 4.80. The molecule has 4 N–H and O–H groups in total. The number of rotatable bonds is 7. The van der Waals surface area contributed by atoms with Crippen LogP contribution in [0.2, 0.25) is 0 Å². The molecular weight excluding hydrogens is 517 g/mol. The Kier molecular flexibility index (Phi) is 7.54. The summed E-state index contributed by atoms with van der Waals surface area (Å²) in [5.41, 5.74) is 6.51. The van der Waals surface area contributed by atoms with E-state index < -0.39 is 5.97 Å². The average molecular weight is 534 g/mol. The number of nitrogens with two attached hydrogens (primary N) is 2. The van der Waals surface area contributed by atoms with Gasteiger partial charge in [0.25, 0.3) is 0 Å². The molecule has 138 valence electrons. The summed E-state index contributed by atoms with van der Waals surface area (Å²) in [6, 6.07) is 14.3. The number of hydrogen-bond donors (Lipinski definition) is 2. The molecule has 26 heavy (non-hydrogen) atoms. The summed E-state index contributed by atoms with van der Waals surface area (Å²) in [6.07, 6.45) is 0. The normalized spacial score (nSPS) is 11.4.